The maximum absolute atomic E-state index is 12.9. The minimum absolute atomic E-state index is 0.0888. The van der Waals surface area contributed by atoms with Crippen molar-refractivity contribution in [2.75, 3.05) is 20.8 Å². The van der Waals surface area contributed by atoms with Crippen LogP contribution in [0.3, 0.4) is 0 Å². The van der Waals surface area contributed by atoms with Crippen molar-refractivity contribution in [1.29, 1.82) is 0 Å². The number of nitrogens with one attached hydrogen (secondary N) is 2. The Balaban J connectivity index is 2.33. The number of amides is 1. The number of carbonyl (C=O) groups is 1. The molecule has 0 aliphatic rings. The van der Waals surface area contributed by atoms with Crippen LogP contribution in [0.4, 0.5) is 0 Å². The van der Waals surface area contributed by atoms with Gasteiger partial charge in [0.2, 0.25) is 10.0 Å². The fraction of sp³-hybridized carbons (Fsp3) is 0.316. The molecule has 1 atom stereocenters. The Hall–Kier alpha value is -2.58. The molecule has 8 heteroatoms. The maximum atomic E-state index is 12.9. The zero-order chi connectivity index (χ0) is 20.0. The monoisotopic (exact) mass is 392 g/mol. The Labute approximate surface area is 159 Å². The van der Waals surface area contributed by atoms with Gasteiger partial charge in [-0.1, -0.05) is 12.1 Å². The lowest BCUT2D eigenvalue weighted by Gasteiger charge is -2.17. The van der Waals surface area contributed by atoms with Crippen molar-refractivity contribution in [1.82, 2.24) is 10.0 Å². The molecule has 0 bridgehead atoms. The summed E-state index contributed by atoms with van der Waals surface area (Å²) in [5.41, 5.74) is 1.02. The van der Waals surface area contributed by atoms with Crippen LogP contribution in [0, 0.1) is 0 Å². The van der Waals surface area contributed by atoms with Crippen LogP contribution in [-0.2, 0) is 10.0 Å². The van der Waals surface area contributed by atoms with Crippen molar-refractivity contribution in [2.24, 2.45) is 0 Å². The van der Waals surface area contributed by atoms with Crippen molar-refractivity contribution < 1.29 is 22.7 Å². The summed E-state index contributed by atoms with van der Waals surface area (Å²) < 4.78 is 38.7. The van der Waals surface area contributed by atoms with Crippen LogP contribution in [0.1, 0.15) is 35.8 Å². The molecule has 2 N–H and O–H groups in total. The maximum Gasteiger partial charge on any atom is 0.251 e. The van der Waals surface area contributed by atoms with Gasteiger partial charge >= 0.3 is 0 Å². The molecule has 0 saturated heterocycles. The van der Waals surface area contributed by atoms with E-state index in [1.54, 1.807) is 45.2 Å². The predicted octanol–water partition coefficient (Wildman–Crippen LogP) is 2.49. The third-order valence-electron chi connectivity index (χ3n) is 4.00. The standard InChI is InChI=1S/C19H24N2O5S/c1-5-20-19(22)15-8-11-17(26-4)18(12-15)27(23,24)21-13(2)14-6-9-16(25-3)10-7-14/h6-13,21H,5H2,1-4H3,(H,20,22). The van der Waals surface area contributed by atoms with Crippen LogP contribution in [-0.4, -0.2) is 35.1 Å². The minimum Gasteiger partial charge on any atom is -0.497 e. The van der Waals surface area contributed by atoms with E-state index in [1.165, 1.54) is 25.3 Å². The third-order valence-corrected chi connectivity index (χ3v) is 5.56. The zero-order valence-electron chi connectivity index (χ0n) is 15.8. The van der Waals surface area contributed by atoms with E-state index in [0.717, 1.165) is 5.56 Å². The second-order valence-corrected chi connectivity index (χ2v) is 7.52. The highest BCUT2D eigenvalue weighted by atomic mass is 32.2. The number of methoxy groups -OCH3 is 2. The Morgan fingerprint density at radius 2 is 1.74 bits per heavy atom. The van der Waals surface area contributed by atoms with Crippen LogP contribution < -0.4 is 19.5 Å². The molecule has 0 fully saturated rings. The van der Waals surface area contributed by atoms with Crippen LogP contribution in [0.25, 0.3) is 0 Å². The van der Waals surface area contributed by atoms with Gasteiger partial charge in [0.15, 0.2) is 0 Å². The van der Waals surface area contributed by atoms with Gasteiger partial charge in [-0.3, -0.25) is 4.79 Å². The summed E-state index contributed by atoms with van der Waals surface area (Å²) in [6.07, 6.45) is 0. The summed E-state index contributed by atoms with van der Waals surface area (Å²) in [5, 5.41) is 2.65. The first-order valence-corrected chi connectivity index (χ1v) is 9.93. The topological polar surface area (TPSA) is 93.7 Å². The van der Waals surface area contributed by atoms with Crippen molar-refractivity contribution in [3.8, 4) is 11.5 Å². The number of hydrogen-bond donors (Lipinski definition) is 2. The predicted molar refractivity (Wildman–Crippen MR) is 103 cm³/mol. The highest BCUT2D eigenvalue weighted by Crippen LogP contribution is 2.27. The Bertz CT molecular complexity index is 895. The van der Waals surface area contributed by atoms with E-state index in [0.29, 0.717) is 12.3 Å². The van der Waals surface area contributed by atoms with Crippen LogP contribution in [0.2, 0.25) is 0 Å². The van der Waals surface area contributed by atoms with E-state index in [9.17, 15) is 13.2 Å². The van der Waals surface area contributed by atoms with E-state index in [-0.39, 0.29) is 22.1 Å². The molecule has 1 unspecified atom stereocenters. The molecule has 146 valence electrons. The van der Waals surface area contributed by atoms with E-state index in [4.69, 9.17) is 9.47 Å². The third kappa shape index (κ3) is 4.99. The van der Waals surface area contributed by atoms with E-state index >= 15 is 0 Å². The van der Waals surface area contributed by atoms with Gasteiger partial charge in [0.25, 0.3) is 5.91 Å². The molecule has 0 radical (unpaired) electrons. The molecule has 0 aliphatic carbocycles. The number of hydrogen-bond acceptors (Lipinski definition) is 5. The van der Waals surface area contributed by atoms with Gasteiger partial charge in [0.1, 0.15) is 16.4 Å². The van der Waals surface area contributed by atoms with Gasteiger partial charge in [-0.15, -0.1) is 0 Å². The number of sulfonamides is 1. The van der Waals surface area contributed by atoms with Gasteiger partial charge in [0.05, 0.1) is 14.2 Å². The van der Waals surface area contributed by atoms with Crippen LogP contribution in [0.5, 0.6) is 11.5 Å². The van der Waals surface area contributed by atoms with Crippen molar-refractivity contribution in [3.63, 3.8) is 0 Å². The van der Waals surface area contributed by atoms with E-state index < -0.39 is 16.1 Å². The molecule has 0 aromatic heterocycles. The van der Waals surface area contributed by atoms with E-state index in [1.807, 2.05) is 0 Å². The fourth-order valence-electron chi connectivity index (χ4n) is 2.55. The number of rotatable bonds is 8. The summed E-state index contributed by atoms with van der Waals surface area (Å²) in [4.78, 5) is 12.0. The summed E-state index contributed by atoms with van der Waals surface area (Å²) in [6, 6.07) is 10.9. The highest BCUT2D eigenvalue weighted by molar-refractivity contribution is 7.89. The molecular weight excluding hydrogens is 368 g/mol. The SMILES string of the molecule is CCNC(=O)c1ccc(OC)c(S(=O)(=O)NC(C)c2ccc(OC)cc2)c1. The van der Waals surface area contributed by atoms with Crippen molar-refractivity contribution in [3.05, 3.63) is 53.6 Å². The minimum atomic E-state index is -3.92. The van der Waals surface area contributed by atoms with Gasteiger partial charge < -0.3 is 14.8 Å². The van der Waals surface area contributed by atoms with Crippen molar-refractivity contribution >= 4 is 15.9 Å². The average molecular weight is 392 g/mol. The molecule has 2 aromatic rings. The number of ether oxygens (including phenoxy) is 2. The molecule has 0 heterocycles. The molecule has 27 heavy (non-hydrogen) atoms. The lowest BCUT2D eigenvalue weighted by atomic mass is 10.1. The molecular formula is C19H24N2O5S. The lowest BCUT2D eigenvalue weighted by Crippen LogP contribution is -2.28. The number of benzene rings is 2. The summed E-state index contributed by atoms with van der Waals surface area (Å²) in [5.74, 6) is 0.502. The van der Waals surface area contributed by atoms with Gasteiger partial charge in [-0.05, 0) is 49.7 Å². The largest absolute Gasteiger partial charge is 0.497 e. The number of carbonyl (C=O) groups excluding carboxylic acids is 1. The fourth-order valence-corrected chi connectivity index (χ4v) is 3.97. The highest BCUT2D eigenvalue weighted by Gasteiger charge is 2.24. The first kappa shape index (κ1) is 20.7. The molecule has 0 saturated carbocycles. The van der Waals surface area contributed by atoms with E-state index in [2.05, 4.69) is 10.0 Å². The molecule has 0 spiro atoms. The Morgan fingerprint density at radius 1 is 1.07 bits per heavy atom. The first-order chi connectivity index (χ1) is 12.8. The molecule has 2 rings (SSSR count). The molecule has 1 amide bonds. The molecule has 2 aromatic carbocycles. The molecule has 0 aliphatic heterocycles. The summed E-state index contributed by atoms with van der Waals surface area (Å²) in [6.45, 7) is 3.97. The molecule has 7 nitrogen and oxygen atoms in total. The second kappa shape index (κ2) is 8.88. The second-order valence-electron chi connectivity index (χ2n) is 5.84. The average Bonchev–Trinajstić information content (AvgIpc) is 2.67. The van der Waals surface area contributed by atoms with Gasteiger partial charge in [0, 0.05) is 18.2 Å². The first-order valence-electron chi connectivity index (χ1n) is 8.45. The lowest BCUT2D eigenvalue weighted by molar-refractivity contribution is 0.0955. The quantitative estimate of drug-likeness (QED) is 0.720. The van der Waals surface area contributed by atoms with Crippen molar-refractivity contribution in [2.45, 2.75) is 24.8 Å². The van der Waals surface area contributed by atoms with Gasteiger partial charge in [-0.25, -0.2) is 13.1 Å². The van der Waals surface area contributed by atoms with Crippen LogP contribution >= 0.6 is 0 Å². The Kier molecular flexibility index (Phi) is 6.81. The van der Waals surface area contributed by atoms with Gasteiger partial charge in [-0.2, -0.15) is 0 Å². The normalized spacial score (nSPS) is 12.3. The zero-order valence-corrected chi connectivity index (χ0v) is 16.6. The Morgan fingerprint density at radius 3 is 2.30 bits per heavy atom. The smallest absolute Gasteiger partial charge is 0.251 e. The summed E-state index contributed by atoms with van der Waals surface area (Å²) in [7, 11) is -0.977. The van der Waals surface area contributed by atoms with Crippen LogP contribution in [0.15, 0.2) is 47.4 Å². The summed E-state index contributed by atoms with van der Waals surface area (Å²) >= 11 is 0.